The van der Waals surface area contributed by atoms with E-state index in [0.717, 1.165) is 0 Å². The van der Waals surface area contributed by atoms with Crippen LogP contribution in [0.5, 0.6) is 11.5 Å². The maximum atomic E-state index is 12.5. The Morgan fingerprint density at radius 1 is 1.38 bits per heavy atom. The number of carboxylic acids is 1. The van der Waals surface area contributed by atoms with E-state index < -0.39 is 17.4 Å². The molecule has 7 heteroatoms. The first-order chi connectivity index (χ1) is 11.5. The molecule has 2 rings (SSSR count). The van der Waals surface area contributed by atoms with Crippen LogP contribution in [0.15, 0.2) is 30.9 Å². The fraction of sp³-hybridized carbons (Fsp3) is 0.412. The predicted octanol–water partition coefficient (Wildman–Crippen LogP) is 1.62. The number of carboxylic acid groups (broad SMARTS) is 1. The minimum absolute atomic E-state index is 0.228. The number of amides is 1. The third-order valence-electron chi connectivity index (χ3n) is 3.89. The lowest BCUT2D eigenvalue weighted by molar-refractivity contribution is -0.148. The van der Waals surface area contributed by atoms with Crippen LogP contribution in [0.4, 0.5) is 0 Å². The quantitative estimate of drug-likeness (QED) is 0.736. The van der Waals surface area contributed by atoms with Crippen LogP contribution in [0.1, 0.15) is 23.2 Å². The Bertz CT molecular complexity index is 622. The van der Waals surface area contributed by atoms with Crippen LogP contribution < -0.4 is 14.8 Å². The van der Waals surface area contributed by atoms with E-state index in [4.69, 9.17) is 14.2 Å². The maximum absolute atomic E-state index is 12.5. The van der Waals surface area contributed by atoms with Gasteiger partial charge in [-0.3, -0.25) is 4.79 Å². The first-order valence-electron chi connectivity index (χ1n) is 7.58. The summed E-state index contributed by atoms with van der Waals surface area (Å²) in [4.78, 5) is 24.1. The molecular weight excluding hydrogens is 314 g/mol. The number of hydrogen-bond donors (Lipinski definition) is 2. The van der Waals surface area contributed by atoms with Crippen LogP contribution >= 0.6 is 0 Å². The molecular formula is C17H21NO6. The van der Waals surface area contributed by atoms with Gasteiger partial charge < -0.3 is 24.6 Å². The van der Waals surface area contributed by atoms with Gasteiger partial charge in [-0.25, -0.2) is 4.79 Å². The van der Waals surface area contributed by atoms with Gasteiger partial charge in [0.25, 0.3) is 5.91 Å². The second kappa shape index (κ2) is 7.83. The van der Waals surface area contributed by atoms with Crippen LogP contribution in [-0.2, 0) is 9.53 Å². The minimum Gasteiger partial charge on any atom is -0.493 e. The highest BCUT2D eigenvalue weighted by Gasteiger charge is 2.41. The Hall–Kier alpha value is -2.54. The van der Waals surface area contributed by atoms with Crippen molar-refractivity contribution in [3.63, 3.8) is 0 Å². The van der Waals surface area contributed by atoms with Gasteiger partial charge in [0.15, 0.2) is 11.5 Å². The fourth-order valence-electron chi connectivity index (χ4n) is 2.48. The number of aliphatic carboxylic acids is 1. The van der Waals surface area contributed by atoms with Crippen molar-refractivity contribution in [1.82, 2.24) is 5.32 Å². The Morgan fingerprint density at radius 2 is 2.08 bits per heavy atom. The Morgan fingerprint density at radius 3 is 2.67 bits per heavy atom. The molecule has 1 fully saturated rings. The van der Waals surface area contributed by atoms with Gasteiger partial charge in [0, 0.05) is 31.6 Å². The summed E-state index contributed by atoms with van der Waals surface area (Å²) in [6.45, 7) is 4.47. The van der Waals surface area contributed by atoms with Crippen molar-refractivity contribution < 1.29 is 28.9 Å². The molecule has 1 saturated heterocycles. The molecule has 1 aromatic carbocycles. The van der Waals surface area contributed by atoms with Gasteiger partial charge in [0.1, 0.15) is 12.1 Å². The van der Waals surface area contributed by atoms with Crippen LogP contribution in [-0.4, -0.2) is 49.5 Å². The van der Waals surface area contributed by atoms with Gasteiger partial charge in [0.05, 0.1) is 7.11 Å². The van der Waals surface area contributed by atoms with E-state index in [1.165, 1.54) is 13.2 Å². The molecule has 1 heterocycles. The van der Waals surface area contributed by atoms with Gasteiger partial charge in [0.2, 0.25) is 0 Å². The van der Waals surface area contributed by atoms with E-state index in [2.05, 4.69) is 11.9 Å². The van der Waals surface area contributed by atoms with E-state index in [1.54, 1.807) is 18.2 Å². The number of benzene rings is 1. The van der Waals surface area contributed by atoms with Crippen LogP contribution in [0.25, 0.3) is 0 Å². The van der Waals surface area contributed by atoms with Gasteiger partial charge in [-0.05, 0) is 18.2 Å². The first-order valence-corrected chi connectivity index (χ1v) is 7.58. The molecule has 0 unspecified atom stereocenters. The average Bonchev–Trinajstić information content (AvgIpc) is 2.60. The summed E-state index contributed by atoms with van der Waals surface area (Å²) in [5.74, 6) is -0.668. The summed E-state index contributed by atoms with van der Waals surface area (Å²) < 4.78 is 15.8. The minimum atomic E-state index is -1.30. The van der Waals surface area contributed by atoms with Crippen molar-refractivity contribution in [2.45, 2.75) is 18.4 Å². The van der Waals surface area contributed by atoms with E-state index in [-0.39, 0.29) is 12.8 Å². The molecule has 2 N–H and O–H groups in total. The molecule has 1 aliphatic heterocycles. The van der Waals surface area contributed by atoms with Crippen molar-refractivity contribution in [3.8, 4) is 11.5 Å². The van der Waals surface area contributed by atoms with Crippen molar-refractivity contribution >= 4 is 11.9 Å². The molecule has 0 radical (unpaired) electrons. The molecule has 7 nitrogen and oxygen atoms in total. The lowest BCUT2D eigenvalue weighted by Crippen LogP contribution is -2.57. The number of rotatable bonds is 7. The average molecular weight is 335 g/mol. The highest BCUT2D eigenvalue weighted by molar-refractivity contribution is 5.98. The lowest BCUT2D eigenvalue weighted by atomic mass is 9.89. The third-order valence-corrected chi connectivity index (χ3v) is 3.89. The molecule has 130 valence electrons. The zero-order valence-electron chi connectivity index (χ0n) is 13.5. The number of methoxy groups -OCH3 is 1. The van der Waals surface area contributed by atoms with Gasteiger partial charge in [-0.2, -0.15) is 0 Å². The fourth-order valence-corrected chi connectivity index (χ4v) is 2.48. The van der Waals surface area contributed by atoms with Crippen molar-refractivity contribution in [1.29, 1.82) is 0 Å². The molecule has 0 spiro atoms. The van der Waals surface area contributed by atoms with E-state index in [9.17, 15) is 14.7 Å². The second-order valence-electron chi connectivity index (χ2n) is 5.42. The summed E-state index contributed by atoms with van der Waals surface area (Å²) in [5, 5.41) is 12.1. The summed E-state index contributed by atoms with van der Waals surface area (Å²) in [5.41, 5.74) is -1.01. The van der Waals surface area contributed by atoms with Crippen LogP contribution in [0.2, 0.25) is 0 Å². The molecule has 0 aliphatic carbocycles. The molecule has 0 atom stereocenters. The largest absolute Gasteiger partial charge is 0.493 e. The highest BCUT2D eigenvalue weighted by Crippen LogP contribution is 2.29. The normalized spacial score (nSPS) is 16.0. The van der Waals surface area contributed by atoms with E-state index in [0.29, 0.717) is 36.9 Å². The smallest absolute Gasteiger partial charge is 0.329 e. The number of carbonyl (C=O) groups is 2. The van der Waals surface area contributed by atoms with Crippen molar-refractivity contribution in [2.75, 3.05) is 26.9 Å². The summed E-state index contributed by atoms with van der Waals surface area (Å²) >= 11 is 0. The monoisotopic (exact) mass is 335 g/mol. The number of hydrogen-bond acceptors (Lipinski definition) is 5. The molecule has 0 bridgehead atoms. The van der Waals surface area contributed by atoms with E-state index >= 15 is 0 Å². The molecule has 0 saturated carbocycles. The number of ether oxygens (including phenoxy) is 3. The molecule has 0 aromatic heterocycles. The number of carbonyl (C=O) groups excluding carboxylic acids is 1. The number of nitrogens with one attached hydrogen (secondary N) is 1. The topological polar surface area (TPSA) is 94.1 Å². The predicted molar refractivity (Wildman–Crippen MR) is 86.6 cm³/mol. The Balaban J connectivity index is 2.19. The SMILES string of the molecule is C=CCOc1ccc(C(=O)NC2(C(=O)O)CCOCC2)cc1OC. The van der Waals surface area contributed by atoms with Crippen molar-refractivity contribution in [2.24, 2.45) is 0 Å². The summed E-state index contributed by atoms with van der Waals surface area (Å²) in [7, 11) is 1.47. The Labute approximate surface area is 140 Å². The van der Waals surface area contributed by atoms with Crippen LogP contribution in [0.3, 0.4) is 0 Å². The van der Waals surface area contributed by atoms with Gasteiger partial charge in [-0.1, -0.05) is 12.7 Å². The first kappa shape index (κ1) is 17.8. The van der Waals surface area contributed by atoms with Gasteiger partial charge >= 0.3 is 5.97 Å². The molecule has 1 amide bonds. The maximum Gasteiger partial charge on any atom is 0.329 e. The van der Waals surface area contributed by atoms with Gasteiger partial charge in [-0.15, -0.1) is 0 Å². The highest BCUT2D eigenvalue weighted by atomic mass is 16.5. The second-order valence-corrected chi connectivity index (χ2v) is 5.42. The zero-order valence-corrected chi connectivity index (χ0v) is 13.5. The zero-order chi connectivity index (χ0) is 17.6. The third kappa shape index (κ3) is 3.86. The van der Waals surface area contributed by atoms with E-state index in [1.807, 2.05) is 0 Å². The Kier molecular flexibility index (Phi) is 5.81. The summed E-state index contributed by atoms with van der Waals surface area (Å²) in [6.07, 6.45) is 2.05. The summed E-state index contributed by atoms with van der Waals surface area (Å²) in [6, 6.07) is 4.68. The lowest BCUT2D eigenvalue weighted by Gasteiger charge is -2.33. The molecule has 24 heavy (non-hydrogen) atoms. The standard InChI is InChI=1S/C17H21NO6/c1-3-8-24-13-5-4-12(11-14(13)22-2)15(19)18-17(16(20)21)6-9-23-10-7-17/h3-5,11H,1,6-10H2,2H3,(H,18,19)(H,20,21). The van der Waals surface area contributed by atoms with Crippen molar-refractivity contribution in [3.05, 3.63) is 36.4 Å². The molecule has 1 aromatic rings. The molecule has 1 aliphatic rings. The van der Waals surface area contributed by atoms with Crippen LogP contribution in [0, 0.1) is 0 Å².